The van der Waals surface area contributed by atoms with Gasteiger partial charge in [0.25, 0.3) is 0 Å². The number of nitrogens with zero attached hydrogens (tertiary/aromatic N) is 1. The van der Waals surface area contributed by atoms with Crippen LogP contribution in [0.1, 0.15) is 45.2 Å². The number of aryl methyl sites for hydroxylation is 1. The zero-order valence-corrected chi connectivity index (χ0v) is 12.7. The smallest absolute Gasteiger partial charge is 0.0393 e. The normalized spacial score (nSPS) is 13.5. The zero-order valence-electron chi connectivity index (χ0n) is 12.7. The summed E-state index contributed by atoms with van der Waals surface area (Å²) in [5.74, 6) is 0. The van der Waals surface area contributed by atoms with E-state index in [2.05, 4.69) is 64.8 Å². The first-order chi connectivity index (χ1) is 8.21. The second kappa shape index (κ2) is 5.75. The van der Waals surface area contributed by atoms with E-state index in [1.54, 1.807) is 0 Å². The molecule has 1 unspecified atom stereocenters. The van der Waals surface area contributed by atoms with Gasteiger partial charge in [-0.05, 0) is 42.9 Å². The predicted octanol–water partition coefficient (Wildman–Crippen LogP) is 3.47. The first kappa shape index (κ1) is 15.0. The molecule has 0 saturated heterocycles. The maximum absolute atomic E-state index is 5.81. The third kappa shape index (κ3) is 4.02. The van der Waals surface area contributed by atoms with Gasteiger partial charge < -0.3 is 10.6 Å². The Balaban J connectivity index is 2.85. The lowest BCUT2D eigenvalue weighted by Crippen LogP contribution is -2.26. The number of benzene rings is 1. The van der Waals surface area contributed by atoms with Crippen LogP contribution in [0.5, 0.6) is 0 Å². The molecule has 1 aromatic rings. The number of nitrogens with two attached hydrogens (primary N) is 1. The van der Waals surface area contributed by atoms with Crippen molar-refractivity contribution >= 4 is 5.69 Å². The standard InChI is InChI=1S/C16H28N2/c1-12-11-14(16(3,4)5)7-8-15(12)18(6)10-9-13(2)17/h7-8,11,13H,9-10,17H2,1-6H3. The summed E-state index contributed by atoms with van der Waals surface area (Å²) in [6, 6.07) is 7.04. The van der Waals surface area contributed by atoms with E-state index in [1.807, 2.05) is 0 Å². The summed E-state index contributed by atoms with van der Waals surface area (Å²) in [6.07, 6.45) is 1.02. The van der Waals surface area contributed by atoms with Gasteiger partial charge in [-0.1, -0.05) is 32.9 Å². The molecule has 0 amide bonds. The Hall–Kier alpha value is -1.02. The summed E-state index contributed by atoms with van der Waals surface area (Å²) in [4.78, 5) is 2.30. The SMILES string of the molecule is Cc1cc(C(C)(C)C)ccc1N(C)CCC(C)N. The molecule has 0 aromatic heterocycles. The van der Waals surface area contributed by atoms with Gasteiger partial charge in [0.05, 0.1) is 0 Å². The van der Waals surface area contributed by atoms with Crippen LogP contribution in [0.25, 0.3) is 0 Å². The lowest BCUT2D eigenvalue weighted by molar-refractivity contribution is 0.589. The lowest BCUT2D eigenvalue weighted by Gasteiger charge is -2.25. The van der Waals surface area contributed by atoms with Crippen molar-refractivity contribution in [3.8, 4) is 0 Å². The quantitative estimate of drug-likeness (QED) is 0.884. The zero-order chi connectivity index (χ0) is 13.9. The van der Waals surface area contributed by atoms with Gasteiger partial charge >= 0.3 is 0 Å². The Morgan fingerprint density at radius 3 is 2.33 bits per heavy atom. The molecule has 2 N–H and O–H groups in total. The van der Waals surface area contributed by atoms with Gasteiger partial charge in [0.15, 0.2) is 0 Å². The van der Waals surface area contributed by atoms with Crippen LogP contribution in [0.3, 0.4) is 0 Å². The van der Waals surface area contributed by atoms with Gasteiger partial charge in [-0.2, -0.15) is 0 Å². The van der Waals surface area contributed by atoms with Crippen molar-refractivity contribution in [3.63, 3.8) is 0 Å². The van der Waals surface area contributed by atoms with Crippen LogP contribution in [-0.2, 0) is 5.41 Å². The van der Waals surface area contributed by atoms with E-state index < -0.39 is 0 Å². The molecule has 0 bridgehead atoms. The van der Waals surface area contributed by atoms with Gasteiger partial charge in [0, 0.05) is 25.3 Å². The van der Waals surface area contributed by atoms with E-state index in [0.717, 1.165) is 13.0 Å². The van der Waals surface area contributed by atoms with E-state index >= 15 is 0 Å². The molecule has 0 fully saturated rings. The third-order valence-electron chi connectivity index (χ3n) is 3.39. The highest BCUT2D eigenvalue weighted by Gasteiger charge is 2.15. The molecule has 0 aliphatic heterocycles. The van der Waals surface area contributed by atoms with E-state index in [1.165, 1.54) is 16.8 Å². The molecule has 0 aliphatic rings. The van der Waals surface area contributed by atoms with E-state index in [4.69, 9.17) is 5.73 Å². The van der Waals surface area contributed by atoms with Crippen LogP contribution in [0.4, 0.5) is 5.69 Å². The van der Waals surface area contributed by atoms with Crippen LogP contribution in [0.15, 0.2) is 18.2 Å². The van der Waals surface area contributed by atoms with Crippen molar-refractivity contribution in [2.75, 3.05) is 18.5 Å². The Morgan fingerprint density at radius 2 is 1.89 bits per heavy atom. The Kier molecular flexibility index (Phi) is 4.80. The molecule has 102 valence electrons. The molecular formula is C16H28N2. The summed E-state index contributed by atoms with van der Waals surface area (Å²) < 4.78 is 0. The van der Waals surface area contributed by atoms with Crippen LogP contribution in [-0.4, -0.2) is 19.6 Å². The average molecular weight is 248 g/mol. The molecule has 1 aromatic carbocycles. The van der Waals surface area contributed by atoms with Crippen molar-refractivity contribution in [1.82, 2.24) is 0 Å². The summed E-state index contributed by atoms with van der Waals surface area (Å²) in [5.41, 5.74) is 10.1. The number of hydrogen-bond donors (Lipinski definition) is 1. The minimum Gasteiger partial charge on any atom is -0.374 e. The lowest BCUT2D eigenvalue weighted by atomic mass is 9.86. The number of rotatable bonds is 4. The molecule has 0 radical (unpaired) electrons. The van der Waals surface area contributed by atoms with Crippen LogP contribution < -0.4 is 10.6 Å². The fourth-order valence-electron chi connectivity index (χ4n) is 2.07. The second-order valence-electron chi connectivity index (χ2n) is 6.44. The average Bonchev–Trinajstić information content (AvgIpc) is 2.24. The maximum Gasteiger partial charge on any atom is 0.0393 e. The Labute approximate surface area is 112 Å². The summed E-state index contributed by atoms with van der Waals surface area (Å²) in [5, 5.41) is 0. The van der Waals surface area contributed by atoms with Crippen LogP contribution in [0.2, 0.25) is 0 Å². The van der Waals surface area contributed by atoms with Gasteiger partial charge in [-0.25, -0.2) is 0 Å². The first-order valence-corrected chi connectivity index (χ1v) is 6.79. The highest BCUT2D eigenvalue weighted by atomic mass is 15.1. The molecule has 0 spiro atoms. The summed E-state index contributed by atoms with van der Waals surface area (Å²) >= 11 is 0. The Bertz CT molecular complexity index is 389. The fourth-order valence-corrected chi connectivity index (χ4v) is 2.07. The predicted molar refractivity (Wildman–Crippen MR) is 81.4 cm³/mol. The number of hydrogen-bond acceptors (Lipinski definition) is 2. The maximum atomic E-state index is 5.81. The molecule has 2 heteroatoms. The number of anilines is 1. The van der Waals surface area contributed by atoms with Crippen molar-refractivity contribution in [2.24, 2.45) is 5.73 Å². The second-order valence-corrected chi connectivity index (χ2v) is 6.44. The molecular weight excluding hydrogens is 220 g/mol. The van der Waals surface area contributed by atoms with Gasteiger partial charge in [-0.3, -0.25) is 0 Å². The molecule has 1 rings (SSSR count). The minimum absolute atomic E-state index is 0.216. The van der Waals surface area contributed by atoms with Crippen LogP contribution >= 0.6 is 0 Å². The van der Waals surface area contributed by atoms with Crippen molar-refractivity contribution < 1.29 is 0 Å². The molecule has 0 heterocycles. The minimum atomic E-state index is 0.216. The van der Waals surface area contributed by atoms with E-state index in [0.29, 0.717) is 0 Å². The van der Waals surface area contributed by atoms with Crippen molar-refractivity contribution in [3.05, 3.63) is 29.3 Å². The third-order valence-corrected chi connectivity index (χ3v) is 3.39. The largest absolute Gasteiger partial charge is 0.374 e. The monoisotopic (exact) mass is 248 g/mol. The van der Waals surface area contributed by atoms with Crippen molar-refractivity contribution in [1.29, 1.82) is 0 Å². The summed E-state index contributed by atoms with van der Waals surface area (Å²) in [7, 11) is 2.14. The highest BCUT2D eigenvalue weighted by Crippen LogP contribution is 2.27. The van der Waals surface area contributed by atoms with Crippen LogP contribution in [0, 0.1) is 6.92 Å². The molecule has 18 heavy (non-hydrogen) atoms. The first-order valence-electron chi connectivity index (χ1n) is 6.79. The van der Waals surface area contributed by atoms with E-state index in [-0.39, 0.29) is 11.5 Å². The fraction of sp³-hybridized carbons (Fsp3) is 0.625. The molecule has 2 nitrogen and oxygen atoms in total. The topological polar surface area (TPSA) is 29.3 Å². The van der Waals surface area contributed by atoms with Gasteiger partial charge in [-0.15, -0.1) is 0 Å². The van der Waals surface area contributed by atoms with Crippen molar-refractivity contribution in [2.45, 2.75) is 52.5 Å². The highest BCUT2D eigenvalue weighted by molar-refractivity contribution is 5.54. The molecule has 0 aliphatic carbocycles. The van der Waals surface area contributed by atoms with Gasteiger partial charge in [0.2, 0.25) is 0 Å². The Morgan fingerprint density at radius 1 is 1.28 bits per heavy atom. The van der Waals surface area contributed by atoms with Gasteiger partial charge in [0.1, 0.15) is 0 Å². The molecule has 1 atom stereocenters. The summed E-state index contributed by atoms with van der Waals surface area (Å²) in [6.45, 7) is 12.0. The molecule has 0 saturated carbocycles. The van der Waals surface area contributed by atoms with E-state index in [9.17, 15) is 0 Å².